The molecule has 0 spiro atoms. The lowest BCUT2D eigenvalue weighted by atomic mass is 9.76. The van der Waals surface area contributed by atoms with Crippen molar-refractivity contribution in [3.05, 3.63) is 34.3 Å². The highest BCUT2D eigenvalue weighted by Crippen LogP contribution is 2.39. The second-order valence-electron chi connectivity index (χ2n) is 5.33. The van der Waals surface area contributed by atoms with Crippen LogP contribution in [0.1, 0.15) is 30.7 Å². The van der Waals surface area contributed by atoms with Gasteiger partial charge in [-0.2, -0.15) is 0 Å². The number of hydrogen-bond acceptors (Lipinski definition) is 3. The predicted octanol–water partition coefficient (Wildman–Crippen LogP) is 2.37. The average Bonchev–Trinajstić information content (AvgIpc) is 2.93. The van der Waals surface area contributed by atoms with Crippen molar-refractivity contribution in [1.82, 2.24) is 5.32 Å². The van der Waals surface area contributed by atoms with Crippen molar-refractivity contribution >= 4 is 27.7 Å². The van der Waals surface area contributed by atoms with Gasteiger partial charge in [0.1, 0.15) is 0 Å². The van der Waals surface area contributed by atoms with Gasteiger partial charge in [0.25, 0.3) is 0 Å². The normalized spacial score (nSPS) is 30.4. The average molecular weight is 338 g/mol. The van der Waals surface area contributed by atoms with Crippen LogP contribution in [-0.2, 0) is 14.3 Å². The molecule has 5 heteroatoms. The Labute approximate surface area is 126 Å². The van der Waals surface area contributed by atoms with Crippen molar-refractivity contribution in [3.8, 4) is 0 Å². The Hall–Kier alpha value is -1.20. The molecule has 20 heavy (non-hydrogen) atoms. The molecule has 0 bridgehead atoms. The molecule has 2 aliphatic heterocycles. The fourth-order valence-electron chi connectivity index (χ4n) is 3.18. The van der Waals surface area contributed by atoms with Gasteiger partial charge in [-0.3, -0.25) is 14.9 Å². The van der Waals surface area contributed by atoms with Gasteiger partial charge in [0.05, 0.1) is 12.0 Å². The molecule has 2 amide bonds. The highest BCUT2D eigenvalue weighted by Gasteiger charge is 2.43. The van der Waals surface area contributed by atoms with Crippen molar-refractivity contribution in [1.29, 1.82) is 0 Å². The smallest absolute Gasteiger partial charge is 0.234 e. The van der Waals surface area contributed by atoms with E-state index in [9.17, 15) is 9.59 Å². The highest BCUT2D eigenvalue weighted by molar-refractivity contribution is 9.10. The van der Waals surface area contributed by atoms with Crippen molar-refractivity contribution in [3.63, 3.8) is 0 Å². The molecular weight excluding hydrogens is 322 g/mol. The van der Waals surface area contributed by atoms with Crippen LogP contribution >= 0.6 is 15.9 Å². The summed E-state index contributed by atoms with van der Waals surface area (Å²) in [5, 5.41) is 2.45. The summed E-state index contributed by atoms with van der Waals surface area (Å²) in [4.78, 5) is 24.0. The van der Waals surface area contributed by atoms with Gasteiger partial charge in [-0.05, 0) is 24.5 Å². The SMILES string of the molecule is O=C1CC(C2CCCO2)C(c2ccccc2Br)C(=O)N1. The van der Waals surface area contributed by atoms with Gasteiger partial charge in [-0.15, -0.1) is 0 Å². The summed E-state index contributed by atoms with van der Waals surface area (Å²) in [6, 6.07) is 7.69. The van der Waals surface area contributed by atoms with Crippen LogP contribution < -0.4 is 5.32 Å². The molecule has 3 unspecified atom stereocenters. The van der Waals surface area contributed by atoms with Crippen molar-refractivity contribution in [2.75, 3.05) is 6.61 Å². The van der Waals surface area contributed by atoms with E-state index in [1.165, 1.54) is 0 Å². The van der Waals surface area contributed by atoms with Gasteiger partial charge < -0.3 is 4.74 Å². The lowest BCUT2D eigenvalue weighted by Gasteiger charge is -2.34. The summed E-state index contributed by atoms with van der Waals surface area (Å²) in [6.45, 7) is 0.722. The zero-order valence-corrected chi connectivity index (χ0v) is 12.6. The van der Waals surface area contributed by atoms with Gasteiger partial charge in [0.15, 0.2) is 0 Å². The zero-order valence-electron chi connectivity index (χ0n) is 11.0. The molecule has 2 aliphatic rings. The highest BCUT2D eigenvalue weighted by atomic mass is 79.9. The van der Waals surface area contributed by atoms with Crippen molar-refractivity contribution < 1.29 is 14.3 Å². The molecule has 4 nitrogen and oxygen atoms in total. The predicted molar refractivity (Wildman–Crippen MR) is 77.1 cm³/mol. The number of ether oxygens (including phenoxy) is 1. The Balaban J connectivity index is 1.97. The van der Waals surface area contributed by atoms with E-state index in [0.29, 0.717) is 6.42 Å². The molecular formula is C15H16BrNO3. The number of carbonyl (C=O) groups is 2. The van der Waals surface area contributed by atoms with Crippen molar-refractivity contribution in [2.45, 2.75) is 31.3 Å². The minimum absolute atomic E-state index is 0.00195. The van der Waals surface area contributed by atoms with Crippen LogP contribution in [0.15, 0.2) is 28.7 Å². The molecule has 106 valence electrons. The van der Waals surface area contributed by atoms with E-state index in [1.807, 2.05) is 24.3 Å². The number of rotatable bonds is 2. The number of nitrogens with one attached hydrogen (secondary N) is 1. The molecule has 3 atom stereocenters. The molecule has 2 saturated heterocycles. The second-order valence-corrected chi connectivity index (χ2v) is 6.19. The minimum Gasteiger partial charge on any atom is -0.378 e. The number of hydrogen-bond donors (Lipinski definition) is 1. The van der Waals surface area contributed by atoms with Gasteiger partial charge in [-0.25, -0.2) is 0 Å². The van der Waals surface area contributed by atoms with Crippen LogP contribution in [0.3, 0.4) is 0 Å². The van der Waals surface area contributed by atoms with Gasteiger partial charge >= 0.3 is 0 Å². The molecule has 0 saturated carbocycles. The molecule has 0 aromatic heterocycles. The standard InChI is InChI=1S/C15H16BrNO3/c16-11-5-2-1-4-9(11)14-10(12-6-3-7-20-12)8-13(18)17-15(14)19/h1-2,4-5,10,12,14H,3,6-8H2,(H,17,18,19). The Morgan fingerprint density at radius 3 is 2.75 bits per heavy atom. The third kappa shape index (κ3) is 2.52. The van der Waals surface area contributed by atoms with Crippen LogP contribution in [-0.4, -0.2) is 24.5 Å². The molecule has 2 heterocycles. The van der Waals surface area contributed by atoms with E-state index in [2.05, 4.69) is 21.2 Å². The number of piperidine rings is 1. The molecule has 0 aliphatic carbocycles. The van der Waals surface area contributed by atoms with Crippen molar-refractivity contribution in [2.24, 2.45) is 5.92 Å². The fraction of sp³-hybridized carbons (Fsp3) is 0.467. The molecule has 1 aromatic carbocycles. The summed E-state index contributed by atoms with van der Waals surface area (Å²) < 4.78 is 6.63. The first-order valence-electron chi connectivity index (χ1n) is 6.86. The summed E-state index contributed by atoms with van der Waals surface area (Å²) >= 11 is 3.50. The fourth-order valence-corrected chi connectivity index (χ4v) is 3.71. The number of amides is 2. The lowest BCUT2D eigenvalue weighted by molar-refractivity contribution is -0.138. The second kappa shape index (κ2) is 5.66. The van der Waals surface area contributed by atoms with Gasteiger partial charge in [0.2, 0.25) is 11.8 Å². The Kier molecular flexibility index (Phi) is 3.89. The van der Waals surface area contributed by atoms with Gasteiger partial charge in [-0.1, -0.05) is 34.1 Å². The zero-order chi connectivity index (χ0) is 14.1. The molecule has 1 N–H and O–H groups in total. The third-order valence-electron chi connectivity index (χ3n) is 4.08. The van der Waals surface area contributed by atoms with E-state index in [4.69, 9.17) is 4.74 Å². The Bertz CT molecular complexity index is 540. The first-order valence-corrected chi connectivity index (χ1v) is 7.66. The first-order chi connectivity index (χ1) is 9.66. The summed E-state index contributed by atoms with van der Waals surface area (Å²) in [6.07, 6.45) is 2.27. The Morgan fingerprint density at radius 1 is 1.25 bits per heavy atom. The van der Waals surface area contributed by atoms with E-state index in [0.717, 1.165) is 29.5 Å². The molecule has 3 rings (SSSR count). The lowest BCUT2D eigenvalue weighted by Crippen LogP contribution is -2.48. The number of carbonyl (C=O) groups excluding carboxylic acids is 2. The monoisotopic (exact) mass is 337 g/mol. The largest absolute Gasteiger partial charge is 0.378 e. The van der Waals surface area contributed by atoms with Crippen LogP contribution in [0.2, 0.25) is 0 Å². The van der Waals surface area contributed by atoms with Crippen LogP contribution in [0.5, 0.6) is 0 Å². The maximum Gasteiger partial charge on any atom is 0.234 e. The van der Waals surface area contributed by atoms with E-state index in [-0.39, 0.29) is 29.8 Å². The molecule has 1 aromatic rings. The van der Waals surface area contributed by atoms with Crippen LogP contribution in [0, 0.1) is 5.92 Å². The third-order valence-corrected chi connectivity index (χ3v) is 4.80. The van der Waals surface area contributed by atoms with E-state index in [1.54, 1.807) is 0 Å². The maximum absolute atomic E-state index is 12.3. The number of benzene rings is 1. The number of imide groups is 1. The first kappa shape index (κ1) is 13.8. The topological polar surface area (TPSA) is 55.4 Å². The van der Waals surface area contributed by atoms with E-state index >= 15 is 0 Å². The summed E-state index contributed by atoms with van der Waals surface area (Å²) in [5.74, 6) is -0.809. The maximum atomic E-state index is 12.3. The Morgan fingerprint density at radius 2 is 2.05 bits per heavy atom. The minimum atomic E-state index is -0.327. The van der Waals surface area contributed by atoms with Gasteiger partial charge in [0, 0.05) is 23.4 Å². The molecule has 0 radical (unpaired) electrons. The summed E-state index contributed by atoms with van der Waals surface area (Å²) in [5.41, 5.74) is 0.929. The molecule has 2 fully saturated rings. The van der Waals surface area contributed by atoms with Crippen LogP contribution in [0.4, 0.5) is 0 Å². The number of halogens is 1. The quantitative estimate of drug-likeness (QED) is 0.843. The van der Waals surface area contributed by atoms with E-state index < -0.39 is 0 Å². The summed E-state index contributed by atoms with van der Waals surface area (Å²) in [7, 11) is 0. The van der Waals surface area contributed by atoms with Crippen LogP contribution in [0.25, 0.3) is 0 Å².